The molecule has 1 aromatic rings. The summed E-state index contributed by atoms with van der Waals surface area (Å²) in [5, 5.41) is 18.6. The lowest BCUT2D eigenvalue weighted by atomic mass is 10.0. The van der Waals surface area contributed by atoms with Gasteiger partial charge in [-0.1, -0.05) is 0 Å². The first kappa shape index (κ1) is 30.4. The molecule has 0 unspecified atom stereocenters. The van der Waals surface area contributed by atoms with Gasteiger partial charge in [0.25, 0.3) is 5.91 Å². The van der Waals surface area contributed by atoms with Gasteiger partial charge < -0.3 is 43.5 Å². The smallest absolute Gasteiger partial charge is 0.335 e. The number of nitrogens with zero attached hydrogens (tertiary/aromatic N) is 1. The lowest BCUT2D eigenvalue weighted by Crippen LogP contribution is -2.37. The lowest BCUT2D eigenvalue weighted by molar-refractivity contribution is 0.00973. The summed E-state index contributed by atoms with van der Waals surface area (Å²) in [4.78, 5) is 37.3. The predicted octanol–water partition coefficient (Wildman–Crippen LogP) is 0.884. The molecule has 0 fully saturated rings. The first-order valence-corrected chi connectivity index (χ1v) is 11.1. The third kappa shape index (κ3) is 13.2. The molecule has 1 aromatic carbocycles. The minimum atomic E-state index is -1.33. The zero-order valence-corrected chi connectivity index (χ0v) is 20.2. The summed E-state index contributed by atoms with van der Waals surface area (Å²) in [6.07, 6.45) is 0. The van der Waals surface area contributed by atoms with E-state index in [4.69, 9.17) is 28.4 Å². The molecule has 1 amide bonds. The minimum absolute atomic E-state index is 0.0481. The van der Waals surface area contributed by atoms with Crippen molar-refractivity contribution in [1.29, 1.82) is 0 Å². The van der Waals surface area contributed by atoms with Crippen molar-refractivity contribution in [3.63, 3.8) is 0 Å². The second-order valence-electron chi connectivity index (χ2n) is 7.14. The number of amides is 1. The summed E-state index contributed by atoms with van der Waals surface area (Å²) < 4.78 is 31.4. The number of carbonyl (C=O) groups is 3. The van der Waals surface area contributed by atoms with Crippen LogP contribution in [0.4, 0.5) is 0 Å². The standard InChI is InChI=1S/C23H35NO11/c1-30-7-9-34-13-11-32-5-3-24(4-6-33-12-14-35-10-8-31-2)21(25)18-15-19(22(26)27)17-20(16-18)23(28)29/h15-17H,3-14H2,1-2H3,(H,26,27)(H,28,29). The molecule has 0 aliphatic rings. The summed E-state index contributed by atoms with van der Waals surface area (Å²) in [6.45, 7) is 3.99. The fourth-order valence-corrected chi connectivity index (χ4v) is 2.77. The van der Waals surface area contributed by atoms with Crippen LogP contribution in [0, 0.1) is 0 Å². The molecule has 12 nitrogen and oxygen atoms in total. The number of rotatable bonds is 21. The van der Waals surface area contributed by atoms with Crippen LogP contribution in [0.15, 0.2) is 18.2 Å². The fourth-order valence-electron chi connectivity index (χ4n) is 2.77. The zero-order chi connectivity index (χ0) is 25.9. The summed E-state index contributed by atoms with van der Waals surface area (Å²) in [5.41, 5.74) is -0.627. The molecule has 0 radical (unpaired) electrons. The molecule has 2 N–H and O–H groups in total. The number of ether oxygens (including phenoxy) is 6. The highest BCUT2D eigenvalue weighted by atomic mass is 16.5. The maximum atomic E-state index is 13.1. The Bertz CT molecular complexity index is 720. The van der Waals surface area contributed by atoms with E-state index in [1.165, 1.54) is 4.90 Å². The fraction of sp³-hybridized carbons (Fsp3) is 0.609. The lowest BCUT2D eigenvalue weighted by Gasteiger charge is -2.23. The molecular weight excluding hydrogens is 466 g/mol. The van der Waals surface area contributed by atoms with Gasteiger partial charge in [0.1, 0.15) is 0 Å². The number of hydrogen-bond acceptors (Lipinski definition) is 9. The highest BCUT2D eigenvalue weighted by Gasteiger charge is 2.20. The maximum absolute atomic E-state index is 13.1. The largest absolute Gasteiger partial charge is 0.478 e. The number of aromatic carboxylic acids is 2. The Balaban J connectivity index is 2.72. The molecule has 12 heteroatoms. The number of carboxylic acids is 2. The molecule has 0 aliphatic heterocycles. The normalized spacial score (nSPS) is 10.9. The quantitative estimate of drug-likeness (QED) is 0.231. The molecule has 0 aliphatic carbocycles. The van der Waals surface area contributed by atoms with E-state index in [1.54, 1.807) is 14.2 Å². The Kier molecular flexibility index (Phi) is 16.2. The molecule has 0 atom stereocenters. The van der Waals surface area contributed by atoms with E-state index in [0.29, 0.717) is 52.9 Å². The van der Waals surface area contributed by atoms with E-state index in [2.05, 4.69) is 0 Å². The molecule has 35 heavy (non-hydrogen) atoms. The molecule has 198 valence electrons. The number of methoxy groups -OCH3 is 2. The van der Waals surface area contributed by atoms with Gasteiger partial charge in [-0.25, -0.2) is 9.59 Å². The van der Waals surface area contributed by atoms with E-state index in [0.717, 1.165) is 18.2 Å². The summed E-state index contributed by atoms with van der Waals surface area (Å²) in [5.74, 6) is -3.19. The van der Waals surface area contributed by atoms with Crippen LogP contribution < -0.4 is 0 Å². The highest BCUT2D eigenvalue weighted by Crippen LogP contribution is 2.14. The topological polar surface area (TPSA) is 150 Å². The van der Waals surface area contributed by atoms with Crippen LogP contribution in [0.3, 0.4) is 0 Å². The second-order valence-corrected chi connectivity index (χ2v) is 7.14. The second kappa shape index (κ2) is 18.7. The van der Waals surface area contributed by atoms with Crippen LogP contribution in [0.1, 0.15) is 31.1 Å². The third-order valence-electron chi connectivity index (χ3n) is 4.58. The van der Waals surface area contributed by atoms with Crippen LogP contribution in [-0.2, 0) is 28.4 Å². The minimum Gasteiger partial charge on any atom is -0.478 e. The van der Waals surface area contributed by atoms with Gasteiger partial charge in [-0.15, -0.1) is 0 Å². The maximum Gasteiger partial charge on any atom is 0.335 e. The van der Waals surface area contributed by atoms with Crippen molar-refractivity contribution in [3.05, 3.63) is 34.9 Å². The van der Waals surface area contributed by atoms with E-state index < -0.39 is 17.8 Å². The van der Waals surface area contributed by atoms with Crippen molar-refractivity contribution in [2.45, 2.75) is 0 Å². The van der Waals surface area contributed by atoms with Crippen molar-refractivity contribution >= 4 is 17.8 Å². The van der Waals surface area contributed by atoms with E-state index in [-0.39, 0.29) is 43.0 Å². The van der Waals surface area contributed by atoms with Gasteiger partial charge >= 0.3 is 11.9 Å². The van der Waals surface area contributed by atoms with E-state index in [1.807, 2.05) is 0 Å². The van der Waals surface area contributed by atoms with Crippen LogP contribution in [0.5, 0.6) is 0 Å². The van der Waals surface area contributed by atoms with Gasteiger partial charge in [0.2, 0.25) is 0 Å². The van der Waals surface area contributed by atoms with Gasteiger partial charge in [-0.2, -0.15) is 0 Å². The van der Waals surface area contributed by atoms with Crippen molar-refractivity contribution in [3.8, 4) is 0 Å². The number of carbonyl (C=O) groups excluding carboxylic acids is 1. The van der Waals surface area contributed by atoms with Crippen LogP contribution in [0.2, 0.25) is 0 Å². The average Bonchev–Trinajstić information content (AvgIpc) is 2.85. The first-order chi connectivity index (χ1) is 16.9. The van der Waals surface area contributed by atoms with Gasteiger partial charge in [0, 0.05) is 32.9 Å². The molecule has 0 aromatic heterocycles. The van der Waals surface area contributed by atoms with Crippen molar-refractivity contribution in [2.24, 2.45) is 0 Å². The van der Waals surface area contributed by atoms with Crippen molar-refractivity contribution < 1.29 is 53.0 Å². The Morgan fingerprint density at radius 1 is 0.600 bits per heavy atom. The SMILES string of the molecule is COCCOCCOCCN(CCOCCOCCOC)C(=O)c1cc(C(=O)O)cc(C(=O)O)c1. The summed E-state index contributed by atoms with van der Waals surface area (Å²) in [6, 6.07) is 3.31. The molecular formula is C23H35NO11. The van der Waals surface area contributed by atoms with Crippen LogP contribution >= 0.6 is 0 Å². The van der Waals surface area contributed by atoms with Gasteiger partial charge in [-0.3, -0.25) is 4.79 Å². The van der Waals surface area contributed by atoms with E-state index >= 15 is 0 Å². The molecule has 0 saturated carbocycles. The van der Waals surface area contributed by atoms with Gasteiger partial charge in [0.05, 0.1) is 77.2 Å². The Morgan fingerprint density at radius 2 is 0.943 bits per heavy atom. The van der Waals surface area contributed by atoms with Crippen molar-refractivity contribution in [2.75, 3.05) is 93.4 Å². The van der Waals surface area contributed by atoms with Gasteiger partial charge in [-0.05, 0) is 18.2 Å². The monoisotopic (exact) mass is 501 g/mol. The summed E-state index contributed by atoms with van der Waals surface area (Å²) in [7, 11) is 3.16. The highest BCUT2D eigenvalue weighted by molar-refractivity contribution is 6.01. The Labute approximate surface area is 204 Å². The first-order valence-electron chi connectivity index (χ1n) is 11.1. The average molecular weight is 502 g/mol. The Morgan fingerprint density at radius 3 is 1.31 bits per heavy atom. The van der Waals surface area contributed by atoms with Crippen molar-refractivity contribution in [1.82, 2.24) is 4.90 Å². The van der Waals surface area contributed by atoms with Crippen LogP contribution in [0.25, 0.3) is 0 Å². The van der Waals surface area contributed by atoms with E-state index in [9.17, 15) is 24.6 Å². The predicted molar refractivity (Wildman–Crippen MR) is 123 cm³/mol. The molecule has 1 rings (SSSR count). The number of benzene rings is 1. The van der Waals surface area contributed by atoms with Crippen LogP contribution in [-0.4, -0.2) is 126 Å². The molecule has 0 heterocycles. The Hall–Kier alpha value is -2.61. The third-order valence-corrected chi connectivity index (χ3v) is 4.58. The number of carboxylic acid groups (broad SMARTS) is 2. The zero-order valence-electron chi connectivity index (χ0n) is 20.2. The molecule has 0 bridgehead atoms. The molecule has 0 spiro atoms. The molecule has 0 saturated heterocycles. The number of hydrogen-bond donors (Lipinski definition) is 2. The van der Waals surface area contributed by atoms with Gasteiger partial charge in [0.15, 0.2) is 0 Å². The summed E-state index contributed by atoms with van der Waals surface area (Å²) >= 11 is 0.